The highest BCUT2D eigenvalue weighted by atomic mass is 35.5. The number of piperazine rings is 1. The first-order chi connectivity index (χ1) is 12.9. The van der Waals surface area contributed by atoms with E-state index in [-0.39, 0.29) is 23.7 Å². The maximum atomic E-state index is 12.5. The van der Waals surface area contributed by atoms with Gasteiger partial charge in [-0.05, 0) is 43.7 Å². The molecule has 0 aliphatic carbocycles. The van der Waals surface area contributed by atoms with Gasteiger partial charge < -0.3 is 15.8 Å². The highest BCUT2D eigenvalue weighted by Gasteiger charge is 2.28. The Kier molecular flexibility index (Phi) is 6.46. The van der Waals surface area contributed by atoms with Crippen molar-refractivity contribution in [1.29, 1.82) is 0 Å². The van der Waals surface area contributed by atoms with Gasteiger partial charge in [0.1, 0.15) is 6.23 Å². The Hall–Kier alpha value is -1.96. The zero-order chi connectivity index (χ0) is 19.4. The number of carbonyl (C=O) groups is 1. The summed E-state index contributed by atoms with van der Waals surface area (Å²) in [6.07, 6.45) is -0.971. The topological polar surface area (TPSA) is 88.4 Å². The van der Waals surface area contributed by atoms with Crippen molar-refractivity contribution in [3.63, 3.8) is 0 Å². The van der Waals surface area contributed by atoms with Crippen LogP contribution in [0.15, 0.2) is 48.5 Å². The number of amides is 1. The van der Waals surface area contributed by atoms with Crippen molar-refractivity contribution in [2.24, 2.45) is 5.73 Å². The summed E-state index contributed by atoms with van der Waals surface area (Å²) in [4.78, 5) is 12.5. The molecule has 1 aliphatic heterocycles. The Labute approximate surface area is 164 Å². The maximum Gasteiger partial charge on any atom is 0.255 e. The van der Waals surface area contributed by atoms with Crippen molar-refractivity contribution < 1.29 is 9.53 Å². The fourth-order valence-corrected chi connectivity index (χ4v) is 3.18. The lowest BCUT2D eigenvalue weighted by molar-refractivity contribution is -0.0538. The van der Waals surface area contributed by atoms with Crippen molar-refractivity contribution in [2.75, 3.05) is 11.9 Å². The van der Waals surface area contributed by atoms with Gasteiger partial charge in [0.05, 0.1) is 17.8 Å². The Morgan fingerprint density at radius 2 is 2.07 bits per heavy atom. The second-order valence-corrected chi connectivity index (χ2v) is 7.24. The van der Waals surface area contributed by atoms with E-state index in [2.05, 4.69) is 16.0 Å². The molecule has 2 aromatic carbocycles. The first-order valence-electron chi connectivity index (χ1n) is 8.95. The largest absolute Gasteiger partial charge is 0.353 e. The number of halogens is 1. The number of alkyl halides is 1. The first-order valence-corrected chi connectivity index (χ1v) is 9.38. The van der Waals surface area contributed by atoms with E-state index in [1.807, 2.05) is 56.3 Å². The Balaban J connectivity index is 1.66. The fraction of sp³-hybridized carbons (Fsp3) is 0.350. The molecule has 6 nitrogen and oxygen atoms in total. The van der Waals surface area contributed by atoms with E-state index in [4.69, 9.17) is 22.1 Å². The average molecular weight is 389 g/mol. The van der Waals surface area contributed by atoms with E-state index < -0.39 is 6.23 Å². The predicted octanol–water partition coefficient (Wildman–Crippen LogP) is 2.69. The second-order valence-electron chi connectivity index (χ2n) is 6.72. The third-order valence-corrected chi connectivity index (χ3v) is 4.73. The summed E-state index contributed by atoms with van der Waals surface area (Å²) in [6, 6.07) is 15.1. The summed E-state index contributed by atoms with van der Waals surface area (Å²) < 4.78 is 6.02. The van der Waals surface area contributed by atoms with E-state index in [0.29, 0.717) is 17.8 Å². The molecule has 5 N–H and O–H groups in total. The van der Waals surface area contributed by atoms with Crippen LogP contribution in [-0.2, 0) is 4.74 Å². The molecule has 1 aliphatic rings. The van der Waals surface area contributed by atoms with E-state index >= 15 is 0 Å². The molecule has 0 radical (unpaired) electrons. The molecule has 1 saturated heterocycles. The zero-order valence-electron chi connectivity index (χ0n) is 15.4. The minimum Gasteiger partial charge on any atom is -0.353 e. The van der Waals surface area contributed by atoms with Crippen LogP contribution in [0.5, 0.6) is 0 Å². The molecule has 0 spiro atoms. The highest BCUT2D eigenvalue weighted by molar-refractivity contribution is 6.20. The third kappa shape index (κ3) is 5.28. The van der Waals surface area contributed by atoms with E-state index in [0.717, 1.165) is 11.1 Å². The molecule has 7 heteroatoms. The Morgan fingerprint density at radius 1 is 1.30 bits per heavy atom. The lowest BCUT2D eigenvalue weighted by Crippen LogP contribution is -2.63. The fourth-order valence-electron chi connectivity index (χ4n) is 2.97. The van der Waals surface area contributed by atoms with Gasteiger partial charge in [-0.25, -0.2) is 0 Å². The normalized spacial score (nSPS) is 23.6. The van der Waals surface area contributed by atoms with Gasteiger partial charge in [0, 0.05) is 17.8 Å². The van der Waals surface area contributed by atoms with Crippen molar-refractivity contribution in [1.82, 2.24) is 10.6 Å². The second kappa shape index (κ2) is 8.82. The molecule has 0 bridgehead atoms. The third-order valence-electron chi connectivity index (χ3n) is 4.45. The summed E-state index contributed by atoms with van der Waals surface area (Å²) in [6.45, 7) is 4.48. The molecule has 27 heavy (non-hydrogen) atoms. The minimum absolute atomic E-state index is 0.144. The van der Waals surface area contributed by atoms with Crippen LogP contribution in [0.25, 0.3) is 0 Å². The van der Waals surface area contributed by atoms with Crippen LogP contribution in [0.1, 0.15) is 34.5 Å². The number of nitrogens with one attached hydrogen (secondary N) is 3. The van der Waals surface area contributed by atoms with Gasteiger partial charge in [0.2, 0.25) is 0 Å². The SMILES string of the molecule is Cc1cccc(C(=O)Nc2cccc([C@H](C)O[C@@H]3N[C@@H](Cl)CN[C@@H]3N)c2)c1. The van der Waals surface area contributed by atoms with Crippen molar-refractivity contribution in [3.05, 3.63) is 65.2 Å². The number of benzene rings is 2. The summed E-state index contributed by atoms with van der Waals surface area (Å²) in [7, 11) is 0. The van der Waals surface area contributed by atoms with Gasteiger partial charge in [0.25, 0.3) is 5.91 Å². The number of carbonyl (C=O) groups excluding carboxylic acids is 1. The average Bonchev–Trinajstić information content (AvgIpc) is 2.65. The van der Waals surface area contributed by atoms with Gasteiger partial charge in [-0.15, -0.1) is 11.6 Å². The summed E-state index contributed by atoms with van der Waals surface area (Å²) >= 11 is 6.10. The van der Waals surface area contributed by atoms with E-state index in [1.54, 1.807) is 6.07 Å². The van der Waals surface area contributed by atoms with Crippen LogP contribution in [0.4, 0.5) is 5.69 Å². The van der Waals surface area contributed by atoms with Crippen LogP contribution in [0, 0.1) is 6.92 Å². The molecule has 0 saturated carbocycles. The molecular formula is C20H25ClN4O2. The maximum absolute atomic E-state index is 12.5. The van der Waals surface area contributed by atoms with Gasteiger partial charge in [0.15, 0.2) is 0 Å². The molecule has 0 unspecified atom stereocenters. The number of nitrogens with two attached hydrogens (primary N) is 1. The van der Waals surface area contributed by atoms with Crippen LogP contribution < -0.4 is 21.7 Å². The van der Waals surface area contributed by atoms with Crippen molar-refractivity contribution in [2.45, 2.75) is 37.8 Å². The Bertz CT molecular complexity index is 801. The lowest BCUT2D eigenvalue weighted by Gasteiger charge is -2.35. The van der Waals surface area contributed by atoms with Gasteiger partial charge in [-0.1, -0.05) is 29.8 Å². The molecule has 144 valence electrons. The van der Waals surface area contributed by atoms with Crippen molar-refractivity contribution in [3.8, 4) is 0 Å². The Morgan fingerprint density at radius 3 is 2.85 bits per heavy atom. The summed E-state index contributed by atoms with van der Waals surface area (Å²) in [5, 5.41) is 9.16. The van der Waals surface area contributed by atoms with Gasteiger partial charge in [-0.3, -0.25) is 15.4 Å². The molecular weight excluding hydrogens is 364 g/mol. The standard InChI is InChI=1S/C20H25ClN4O2/c1-12-5-3-7-15(9-12)19(26)24-16-8-4-6-14(10-16)13(2)27-20-18(22)23-11-17(21)25-20/h3-10,13,17-18,20,23,25H,11,22H2,1-2H3,(H,24,26)/t13-,17+,18-,20-/m0/s1. The van der Waals surface area contributed by atoms with Gasteiger partial charge >= 0.3 is 0 Å². The molecule has 3 rings (SSSR count). The number of hydrogen-bond donors (Lipinski definition) is 4. The van der Waals surface area contributed by atoms with Crippen LogP contribution in [0.2, 0.25) is 0 Å². The monoisotopic (exact) mass is 388 g/mol. The molecule has 1 fully saturated rings. The van der Waals surface area contributed by atoms with E-state index in [9.17, 15) is 4.79 Å². The summed E-state index contributed by atoms with van der Waals surface area (Å²) in [5.74, 6) is -0.144. The quantitative estimate of drug-likeness (QED) is 0.467. The smallest absolute Gasteiger partial charge is 0.255 e. The van der Waals surface area contributed by atoms with Crippen molar-refractivity contribution >= 4 is 23.2 Å². The van der Waals surface area contributed by atoms with Gasteiger partial charge in [-0.2, -0.15) is 0 Å². The van der Waals surface area contributed by atoms with Crippen LogP contribution in [-0.4, -0.2) is 30.3 Å². The molecule has 1 amide bonds. The first kappa shape index (κ1) is 19.8. The lowest BCUT2D eigenvalue weighted by atomic mass is 10.1. The van der Waals surface area contributed by atoms with Crippen LogP contribution in [0.3, 0.4) is 0 Å². The molecule has 0 aromatic heterocycles. The highest BCUT2D eigenvalue weighted by Crippen LogP contribution is 2.23. The number of anilines is 1. The molecule has 1 heterocycles. The molecule has 4 atom stereocenters. The number of rotatable bonds is 5. The van der Waals surface area contributed by atoms with Crippen LogP contribution >= 0.6 is 11.6 Å². The molecule has 2 aromatic rings. The zero-order valence-corrected chi connectivity index (χ0v) is 16.2. The predicted molar refractivity (Wildman–Crippen MR) is 108 cm³/mol. The number of hydrogen-bond acceptors (Lipinski definition) is 5. The summed E-state index contributed by atoms with van der Waals surface area (Å²) in [5.41, 5.74) is 9.11. The number of aryl methyl sites for hydroxylation is 1. The minimum atomic E-state index is -0.401. The van der Waals surface area contributed by atoms with E-state index in [1.165, 1.54) is 0 Å². The number of ether oxygens (including phenoxy) is 1.